The lowest BCUT2D eigenvalue weighted by atomic mass is 10.1. The lowest BCUT2D eigenvalue weighted by Gasteiger charge is -2.29. The molecule has 1 atom stereocenters. The van der Waals surface area contributed by atoms with Crippen molar-refractivity contribution >= 4 is 18.3 Å². The predicted octanol–water partition coefficient (Wildman–Crippen LogP) is 1.75. The number of hydrogen-bond donors (Lipinski definition) is 1. The summed E-state index contributed by atoms with van der Waals surface area (Å²) in [6, 6.07) is 8.18. The zero-order chi connectivity index (χ0) is 13.7. The topological polar surface area (TPSA) is 41.6 Å². The predicted molar refractivity (Wildman–Crippen MR) is 82.1 cm³/mol. The first kappa shape index (κ1) is 17.0. The fraction of sp³-hybridized carbons (Fsp3) is 0.533. The molecule has 0 bridgehead atoms. The Balaban J connectivity index is 0.00000200. The van der Waals surface area contributed by atoms with E-state index in [-0.39, 0.29) is 24.4 Å². The number of amides is 1. The molecule has 20 heavy (non-hydrogen) atoms. The number of benzene rings is 1. The molecule has 2 rings (SSSR count). The number of halogens is 1. The van der Waals surface area contributed by atoms with Gasteiger partial charge in [0.1, 0.15) is 6.10 Å². The van der Waals surface area contributed by atoms with Gasteiger partial charge < -0.3 is 15.0 Å². The Hall–Kier alpha value is -1.10. The first-order chi connectivity index (χ1) is 9.22. The van der Waals surface area contributed by atoms with Gasteiger partial charge in [-0.05, 0) is 25.0 Å². The first-order valence-corrected chi connectivity index (χ1v) is 6.88. The van der Waals surface area contributed by atoms with Gasteiger partial charge in [-0.2, -0.15) is 0 Å². The van der Waals surface area contributed by atoms with Gasteiger partial charge in [0, 0.05) is 26.2 Å². The number of rotatable bonds is 4. The SMILES string of the molecule is CCN(Cc1ccccc1C)C(=O)C1CNCCO1.Cl. The molecule has 1 aromatic carbocycles. The summed E-state index contributed by atoms with van der Waals surface area (Å²) in [5.74, 6) is 0.0814. The average molecular weight is 299 g/mol. The Morgan fingerprint density at radius 3 is 2.80 bits per heavy atom. The highest BCUT2D eigenvalue weighted by Gasteiger charge is 2.26. The minimum Gasteiger partial charge on any atom is -0.366 e. The Morgan fingerprint density at radius 2 is 2.20 bits per heavy atom. The zero-order valence-corrected chi connectivity index (χ0v) is 12.9. The normalized spacial score (nSPS) is 18.2. The van der Waals surface area contributed by atoms with Crippen molar-refractivity contribution in [3.05, 3.63) is 35.4 Å². The Labute approximate surface area is 126 Å². The van der Waals surface area contributed by atoms with Crippen LogP contribution in [-0.2, 0) is 16.1 Å². The molecular formula is C15H23ClN2O2. The summed E-state index contributed by atoms with van der Waals surface area (Å²) in [4.78, 5) is 14.3. The Kier molecular flexibility index (Phi) is 6.99. The summed E-state index contributed by atoms with van der Waals surface area (Å²) in [5.41, 5.74) is 2.41. The van der Waals surface area contributed by atoms with E-state index in [9.17, 15) is 4.79 Å². The fourth-order valence-electron chi connectivity index (χ4n) is 2.27. The van der Waals surface area contributed by atoms with Crippen LogP contribution in [0.5, 0.6) is 0 Å². The summed E-state index contributed by atoms with van der Waals surface area (Å²) in [5, 5.41) is 3.20. The highest BCUT2D eigenvalue weighted by molar-refractivity contribution is 5.85. The highest BCUT2D eigenvalue weighted by Crippen LogP contribution is 2.12. The summed E-state index contributed by atoms with van der Waals surface area (Å²) in [6.45, 7) is 7.49. The maximum Gasteiger partial charge on any atom is 0.253 e. The fourth-order valence-corrected chi connectivity index (χ4v) is 2.27. The Morgan fingerprint density at radius 1 is 1.45 bits per heavy atom. The van der Waals surface area contributed by atoms with E-state index in [1.54, 1.807) is 0 Å². The van der Waals surface area contributed by atoms with E-state index in [4.69, 9.17) is 4.74 Å². The van der Waals surface area contributed by atoms with Gasteiger partial charge >= 0.3 is 0 Å². The molecule has 0 spiro atoms. The smallest absolute Gasteiger partial charge is 0.253 e. The number of hydrogen-bond acceptors (Lipinski definition) is 3. The van der Waals surface area contributed by atoms with Crippen LogP contribution in [0, 0.1) is 6.92 Å². The van der Waals surface area contributed by atoms with Gasteiger partial charge in [-0.25, -0.2) is 0 Å². The molecule has 1 aliphatic rings. The van der Waals surface area contributed by atoms with Gasteiger partial charge in [-0.15, -0.1) is 12.4 Å². The van der Waals surface area contributed by atoms with Crippen LogP contribution >= 0.6 is 12.4 Å². The number of carbonyl (C=O) groups is 1. The molecular weight excluding hydrogens is 276 g/mol. The minimum absolute atomic E-state index is 0. The van der Waals surface area contributed by atoms with Gasteiger partial charge in [-0.3, -0.25) is 4.79 Å². The molecule has 1 aromatic rings. The van der Waals surface area contributed by atoms with E-state index in [1.807, 2.05) is 24.0 Å². The van der Waals surface area contributed by atoms with Crippen molar-refractivity contribution in [3.8, 4) is 0 Å². The summed E-state index contributed by atoms with van der Waals surface area (Å²) < 4.78 is 5.54. The number of ether oxygens (including phenoxy) is 1. The zero-order valence-electron chi connectivity index (χ0n) is 12.1. The molecule has 0 saturated carbocycles. The quantitative estimate of drug-likeness (QED) is 0.921. The average Bonchev–Trinajstić information content (AvgIpc) is 2.47. The second-order valence-electron chi connectivity index (χ2n) is 4.84. The largest absolute Gasteiger partial charge is 0.366 e. The number of nitrogens with one attached hydrogen (secondary N) is 1. The van der Waals surface area contributed by atoms with Crippen LogP contribution in [0.25, 0.3) is 0 Å². The maximum absolute atomic E-state index is 12.4. The third-order valence-corrected chi connectivity index (χ3v) is 3.52. The van der Waals surface area contributed by atoms with Crippen LogP contribution in [0.15, 0.2) is 24.3 Å². The van der Waals surface area contributed by atoms with Crippen LogP contribution in [0.2, 0.25) is 0 Å². The van der Waals surface area contributed by atoms with E-state index < -0.39 is 0 Å². The van der Waals surface area contributed by atoms with Crippen LogP contribution in [0.4, 0.5) is 0 Å². The van der Waals surface area contributed by atoms with Gasteiger partial charge in [0.05, 0.1) is 6.61 Å². The number of aryl methyl sites for hydroxylation is 1. The molecule has 1 N–H and O–H groups in total. The number of likely N-dealkylation sites (N-methyl/N-ethyl adjacent to an activating group) is 1. The van der Waals surface area contributed by atoms with E-state index in [2.05, 4.69) is 24.4 Å². The lowest BCUT2D eigenvalue weighted by molar-refractivity contribution is -0.145. The van der Waals surface area contributed by atoms with Crippen molar-refractivity contribution in [1.29, 1.82) is 0 Å². The molecule has 4 nitrogen and oxygen atoms in total. The van der Waals surface area contributed by atoms with E-state index >= 15 is 0 Å². The van der Waals surface area contributed by atoms with Crippen molar-refractivity contribution < 1.29 is 9.53 Å². The molecule has 0 aliphatic carbocycles. The minimum atomic E-state index is -0.335. The molecule has 1 saturated heterocycles. The third-order valence-electron chi connectivity index (χ3n) is 3.52. The summed E-state index contributed by atoms with van der Waals surface area (Å²) in [6.07, 6.45) is -0.335. The van der Waals surface area contributed by atoms with Crippen LogP contribution in [0.1, 0.15) is 18.1 Å². The third kappa shape index (κ3) is 4.20. The van der Waals surface area contributed by atoms with Gasteiger partial charge in [0.15, 0.2) is 0 Å². The van der Waals surface area contributed by atoms with Crippen LogP contribution in [-0.4, -0.2) is 43.2 Å². The van der Waals surface area contributed by atoms with Crippen molar-refractivity contribution in [2.24, 2.45) is 0 Å². The summed E-state index contributed by atoms with van der Waals surface area (Å²) >= 11 is 0. The van der Waals surface area contributed by atoms with Crippen LogP contribution < -0.4 is 5.32 Å². The molecule has 1 heterocycles. The second-order valence-corrected chi connectivity index (χ2v) is 4.84. The number of nitrogens with zero attached hydrogens (tertiary/aromatic N) is 1. The molecule has 1 aliphatic heterocycles. The Bertz CT molecular complexity index is 434. The van der Waals surface area contributed by atoms with Crippen molar-refractivity contribution in [2.45, 2.75) is 26.5 Å². The van der Waals surface area contributed by atoms with E-state index in [1.165, 1.54) is 11.1 Å². The lowest BCUT2D eigenvalue weighted by Crippen LogP contribution is -2.49. The van der Waals surface area contributed by atoms with E-state index in [0.29, 0.717) is 26.2 Å². The molecule has 0 radical (unpaired) electrons. The van der Waals surface area contributed by atoms with Crippen molar-refractivity contribution in [2.75, 3.05) is 26.2 Å². The number of morpholine rings is 1. The monoisotopic (exact) mass is 298 g/mol. The molecule has 5 heteroatoms. The summed E-state index contributed by atoms with van der Waals surface area (Å²) in [7, 11) is 0. The molecule has 1 amide bonds. The van der Waals surface area contributed by atoms with Crippen LogP contribution in [0.3, 0.4) is 0 Å². The molecule has 0 aromatic heterocycles. The molecule has 1 fully saturated rings. The first-order valence-electron chi connectivity index (χ1n) is 6.88. The van der Waals surface area contributed by atoms with Gasteiger partial charge in [-0.1, -0.05) is 24.3 Å². The second kappa shape index (κ2) is 8.25. The highest BCUT2D eigenvalue weighted by atomic mass is 35.5. The van der Waals surface area contributed by atoms with E-state index in [0.717, 1.165) is 6.54 Å². The van der Waals surface area contributed by atoms with Gasteiger partial charge in [0.2, 0.25) is 0 Å². The molecule has 1 unspecified atom stereocenters. The maximum atomic E-state index is 12.4. The van der Waals surface area contributed by atoms with Crippen molar-refractivity contribution in [1.82, 2.24) is 10.2 Å². The molecule has 112 valence electrons. The van der Waals surface area contributed by atoms with Crippen molar-refractivity contribution in [3.63, 3.8) is 0 Å². The van der Waals surface area contributed by atoms with Gasteiger partial charge in [0.25, 0.3) is 5.91 Å². The number of carbonyl (C=O) groups excluding carboxylic acids is 1. The standard InChI is InChI=1S/C15H22N2O2.ClH/c1-3-17(11-13-7-5-4-6-12(13)2)15(18)14-10-16-8-9-19-14;/h4-7,14,16H,3,8-11H2,1-2H3;1H.